The van der Waals surface area contributed by atoms with Crippen molar-refractivity contribution in [2.45, 2.75) is 65.0 Å². The molecule has 6 heteroatoms. The van der Waals surface area contributed by atoms with Gasteiger partial charge in [0.2, 0.25) is 10.0 Å². The molecular weight excluding hydrogens is 312 g/mol. The first kappa shape index (κ1) is 19.2. The van der Waals surface area contributed by atoms with E-state index in [4.69, 9.17) is 4.74 Å². The van der Waals surface area contributed by atoms with Crippen molar-refractivity contribution in [1.82, 2.24) is 9.21 Å². The van der Waals surface area contributed by atoms with Crippen LogP contribution in [-0.2, 0) is 14.8 Å². The Morgan fingerprint density at radius 1 is 1.13 bits per heavy atom. The lowest BCUT2D eigenvalue weighted by Crippen LogP contribution is -2.47. The van der Waals surface area contributed by atoms with Crippen LogP contribution in [0.4, 0.5) is 0 Å². The number of piperidine rings is 2. The van der Waals surface area contributed by atoms with Crippen molar-refractivity contribution in [3.8, 4) is 0 Å². The highest BCUT2D eigenvalue weighted by Gasteiger charge is 2.30. The minimum atomic E-state index is -3.18. The van der Waals surface area contributed by atoms with Gasteiger partial charge >= 0.3 is 0 Å². The number of hydrogen-bond donors (Lipinski definition) is 0. The van der Waals surface area contributed by atoms with Gasteiger partial charge in [-0.2, -0.15) is 0 Å². The summed E-state index contributed by atoms with van der Waals surface area (Å²) in [6.45, 7) is 10.1. The lowest BCUT2D eigenvalue weighted by Gasteiger charge is -2.39. The molecule has 0 aliphatic carbocycles. The van der Waals surface area contributed by atoms with E-state index >= 15 is 0 Å². The van der Waals surface area contributed by atoms with E-state index in [1.807, 2.05) is 13.8 Å². The van der Waals surface area contributed by atoms with Crippen molar-refractivity contribution in [3.05, 3.63) is 0 Å². The van der Waals surface area contributed by atoms with Crippen molar-refractivity contribution in [1.29, 1.82) is 0 Å². The zero-order chi connectivity index (χ0) is 16.9. The minimum Gasteiger partial charge on any atom is -0.378 e. The fraction of sp³-hybridized carbons (Fsp3) is 1.00. The summed E-state index contributed by atoms with van der Waals surface area (Å²) < 4.78 is 32.1. The average molecular weight is 347 g/mol. The number of nitrogens with zero attached hydrogens (tertiary/aromatic N) is 2. The first-order valence-electron chi connectivity index (χ1n) is 9.22. The Morgan fingerprint density at radius 3 is 2.61 bits per heavy atom. The molecule has 0 spiro atoms. The van der Waals surface area contributed by atoms with Crippen molar-refractivity contribution < 1.29 is 13.2 Å². The zero-order valence-corrected chi connectivity index (χ0v) is 15.9. The summed E-state index contributed by atoms with van der Waals surface area (Å²) >= 11 is 0. The van der Waals surface area contributed by atoms with E-state index in [1.165, 1.54) is 25.8 Å². The first-order chi connectivity index (χ1) is 10.9. The molecule has 2 saturated heterocycles. The maximum atomic E-state index is 12.5. The third-order valence-electron chi connectivity index (χ3n) is 5.10. The molecule has 136 valence electrons. The van der Waals surface area contributed by atoms with Crippen molar-refractivity contribution in [2.24, 2.45) is 5.92 Å². The highest BCUT2D eigenvalue weighted by molar-refractivity contribution is 7.89. The number of sulfonamides is 1. The summed E-state index contributed by atoms with van der Waals surface area (Å²) in [7, 11) is -3.18. The van der Waals surface area contributed by atoms with E-state index < -0.39 is 10.0 Å². The summed E-state index contributed by atoms with van der Waals surface area (Å²) in [5.41, 5.74) is 0. The Kier molecular flexibility index (Phi) is 7.32. The summed E-state index contributed by atoms with van der Waals surface area (Å²) in [5.74, 6) is 0.586. The maximum Gasteiger partial charge on any atom is 0.216 e. The van der Waals surface area contributed by atoms with Gasteiger partial charge in [-0.15, -0.1) is 0 Å². The highest BCUT2D eigenvalue weighted by atomic mass is 32.2. The summed E-state index contributed by atoms with van der Waals surface area (Å²) in [6.07, 6.45) is 6.11. The molecule has 0 amide bonds. The molecule has 0 N–H and O–H groups in total. The maximum absolute atomic E-state index is 12.5. The van der Waals surface area contributed by atoms with Crippen LogP contribution in [0.1, 0.15) is 52.9 Å². The minimum absolute atomic E-state index is 0.0832. The van der Waals surface area contributed by atoms with E-state index in [0.717, 1.165) is 19.4 Å². The molecule has 2 aliphatic heterocycles. The zero-order valence-electron chi connectivity index (χ0n) is 15.0. The first-order valence-corrected chi connectivity index (χ1v) is 10.8. The second kappa shape index (κ2) is 8.79. The second-order valence-electron chi connectivity index (χ2n) is 7.44. The van der Waals surface area contributed by atoms with Crippen LogP contribution in [-0.4, -0.2) is 68.3 Å². The fourth-order valence-electron chi connectivity index (χ4n) is 3.71. The van der Waals surface area contributed by atoms with Gasteiger partial charge in [-0.3, -0.25) is 0 Å². The van der Waals surface area contributed by atoms with Crippen molar-refractivity contribution in [3.63, 3.8) is 0 Å². The van der Waals surface area contributed by atoms with Gasteiger partial charge in [0.15, 0.2) is 0 Å². The van der Waals surface area contributed by atoms with Gasteiger partial charge in [0, 0.05) is 25.7 Å². The Morgan fingerprint density at radius 2 is 1.91 bits per heavy atom. The van der Waals surface area contributed by atoms with Crippen molar-refractivity contribution in [2.75, 3.05) is 38.5 Å². The van der Waals surface area contributed by atoms with E-state index in [0.29, 0.717) is 31.7 Å². The van der Waals surface area contributed by atoms with Crippen LogP contribution < -0.4 is 0 Å². The predicted octanol–water partition coefficient (Wildman–Crippen LogP) is 2.33. The largest absolute Gasteiger partial charge is 0.378 e. The Labute approximate surface area is 142 Å². The normalized spacial score (nSPS) is 28.3. The molecule has 2 rings (SSSR count). The molecule has 5 nitrogen and oxygen atoms in total. The number of likely N-dealkylation sites (tertiary alicyclic amines) is 1. The smallest absolute Gasteiger partial charge is 0.216 e. The average Bonchev–Trinajstić information content (AvgIpc) is 2.49. The number of rotatable bonds is 7. The fourth-order valence-corrected chi connectivity index (χ4v) is 5.12. The van der Waals surface area contributed by atoms with Crippen LogP contribution in [0.15, 0.2) is 0 Å². The molecule has 2 atom stereocenters. The molecule has 0 aromatic rings. The standard InChI is InChI=1S/C17H34N2O3S/c1-15(2)22-11-12-23(20,21)19-10-6-8-17(14-19)13-18-9-5-4-7-16(18)3/h15-17H,4-14H2,1-3H3/t16-,17-/m0/s1. The van der Waals surface area contributed by atoms with Gasteiger partial charge in [0.1, 0.15) is 0 Å². The van der Waals surface area contributed by atoms with Crippen LogP contribution in [0.5, 0.6) is 0 Å². The van der Waals surface area contributed by atoms with Gasteiger partial charge < -0.3 is 9.64 Å². The molecule has 0 aromatic carbocycles. The van der Waals surface area contributed by atoms with E-state index in [9.17, 15) is 8.42 Å². The molecular formula is C17H34N2O3S. The lowest BCUT2D eigenvalue weighted by atomic mass is 9.96. The number of ether oxygens (including phenoxy) is 1. The SMILES string of the molecule is CC(C)OCCS(=O)(=O)N1CCC[C@@H](CN2CCCC[C@@H]2C)C1. The molecule has 2 heterocycles. The van der Waals surface area contributed by atoms with Crippen LogP contribution >= 0.6 is 0 Å². The second-order valence-corrected chi connectivity index (χ2v) is 9.53. The summed E-state index contributed by atoms with van der Waals surface area (Å²) in [5, 5.41) is 0. The van der Waals surface area contributed by atoms with Gasteiger partial charge in [0.05, 0.1) is 18.5 Å². The quantitative estimate of drug-likeness (QED) is 0.710. The molecule has 0 unspecified atom stereocenters. The van der Waals surface area contributed by atoms with E-state index in [1.54, 1.807) is 4.31 Å². The Hall–Kier alpha value is -0.170. The third-order valence-corrected chi connectivity index (χ3v) is 6.90. The topological polar surface area (TPSA) is 49.9 Å². The van der Waals surface area contributed by atoms with Gasteiger partial charge in [0.25, 0.3) is 0 Å². The van der Waals surface area contributed by atoms with Crippen LogP contribution in [0.3, 0.4) is 0 Å². The van der Waals surface area contributed by atoms with Crippen LogP contribution in [0.25, 0.3) is 0 Å². The van der Waals surface area contributed by atoms with E-state index in [2.05, 4.69) is 11.8 Å². The molecule has 0 saturated carbocycles. The summed E-state index contributed by atoms with van der Waals surface area (Å²) in [6, 6.07) is 0.648. The molecule has 0 bridgehead atoms. The Bertz CT molecular complexity index is 453. The number of hydrogen-bond acceptors (Lipinski definition) is 4. The van der Waals surface area contributed by atoms with Crippen LogP contribution in [0, 0.1) is 5.92 Å². The summed E-state index contributed by atoms with van der Waals surface area (Å²) in [4.78, 5) is 2.56. The van der Waals surface area contributed by atoms with E-state index in [-0.39, 0.29) is 11.9 Å². The highest BCUT2D eigenvalue weighted by Crippen LogP contribution is 2.24. The van der Waals surface area contributed by atoms with Gasteiger partial charge in [-0.05, 0) is 58.9 Å². The van der Waals surface area contributed by atoms with Gasteiger partial charge in [-0.25, -0.2) is 12.7 Å². The molecule has 2 fully saturated rings. The van der Waals surface area contributed by atoms with Crippen LogP contribution in [0.2, 0.25) is 0 Å². The predicted molar refractivity (Wildman–Crippen MR) is 94.1 cm³/mol. The Balaban J connectivity index is 1.84. The van der Waals surface area contributed by atoms with Crippen molar-refractivity contribution >= 4 is 10.0 Å². The monoisotopic (exact) mass is 346 g/mol. The molecule has 2 aliphatic rings. The van der Waals surface area contributed by atoms with Gasteiger partial charge in [-0.1, -0.05) is 6.42 Å². The molecule has 23 heavy (non-hydrogen) atoms. The lowest BCUT2D eigenvalue weighted by molar-refractivity contribution is 0.0898. The molecule has 0 radical (unpaired) electrons. The molecule has 0 aromatic heterocycles. The third kappa shape index (κ3) is 6.00.